The van der Waals surface area contributed by atoms with Gasteiger partial charge in [0, 0.05) is 6.04 Å². The fourth-order valence-corrected chi connectivity index (χ4v) is 2.23. The fourth-order valence-electron chi connectivity index (χ4n) is 1.49. The maximum Gasteiger partial charge on any atom is 0.344 e. The molecule has 0 saturated heterocycles. The van der Waals surface area contributed by atoms with Crippen LogP contribution in [0.25, 0.3) is 0 Å². The molecule has 7 heteroatoms. The minimum Gasteiger partial charge on any atom is -0.481 e. The molecule has 2 N–H and O–H groups in total. The van der Waals surface area contributed by atoms with E-state index in [0.717, 1.165) is 24.6 Å². The predicted octanol–water partition coefficient (Wildman–Crippen LogP) is 1.11. The van der Waals surface area contributed by atoms with Crippen molar-refractivity contribution in [1.29, 1.82) is 0 Å². The number of carbonyl (C=O) groups is 1. The number of hydrogen-bond acceptors (Lipinski definition) is 4. The van der Waals surface area contributed by atoms with Gasteiger partial charge in [-0.25, -0.2) is 9.89 Å². The molecule has 1 aromatic rings. The average Bonchev–Trinajstić information content (AvgIpc) is 2.60. The SMILES string of the molecule is CCC(CC)n1c(SCC(=O)O)n[nH]c1=O. The van der Waals surface area contributed by atoms with E-state index in [1.807, 2.05) is 13.8 Å². The molecular formula is C9H15N3O3S. The minimum atomic E-state index is -0.920. The van der Waals surface area contributed by atoms with Crippen molar-refractivity contribution in [2.24, 2.45) is 0 Å². The Morgan fingerprint density at radius 3 is 2.69 bits per heavy atom. The third-order valence-corrected chi connectivity index (χ3v) is 3.24. The van der Waals surface area contributed by atoms with Gasteiger partial charge in [-0.2, -0.15) is 0 Å². The Morgan fingerprint density at radius 1 is 1.56 bits per heavy atom. The lowest BCUT2D eigenvalue weighted by Crippen LogP contribution is -2.22. The van der Waals surface area contributed by atoms with Crippen molar-refractivity contribution >= 4 is 17.7 Å². The summed E-state index contributed by atoms with van der Waals surface area (Å²) in [5, 5.41) is 15.2. The maximum atomic E-state index is 11.5. The molecule has 0 aliphatic heterocycles. The molecule has 0 saturated carbocycles. The zero-order chi connectivity index (χ0) is 12.1. The first-order valence-corrected chi connectivity index (χ1v) is 6.10. The van der Waals surface area contributed by atoms with E-state index in [1.165, 1.54) is 4.57 Å². The quantitative estimate of drug-likeness (QED) is 0.733. The van der Waals surface area contributed by atoms with Crippen molar-refractivity contribution in [3.8, 4) is 0 Å². The zero-order valence-electron chi connectivity index (χ0n) is 9.27. The lowest BCUT2D eigenvalue weighted by Gasteiger charge is -2.14. The summed E-state index contributed by atoms with van der Waals surface area (Å²) in [7, 11) is 0. The van der Waals surface area contributed by atoms with Gasteiger partial charge in [-0.05, 0) is 12.8 Å². The molecule has 0 atom stereocenters. The van der Waals surface area contributed by atoms with E-state index in [2.05, 4.69) is 10.2 Å². The van der Waals surface area contributed by atoms with E-state index in [0.29, 0.717) is 5.16 Å². The van der Waals surface area contributed by atoms with Crippen molar-refractivity contribution in [1.82, 2.24) is 14.8 Å². The van der Waals surface area contributed by atoms with Crippen LogP contribution in [-0.4, -0.2) is 31.6 Å². The standard InChI is InChI=1S/C9H15N3O3S/c1-3-6(4-2)12-8(15)10-11-9(12)16-5-7(13)14/h6H,3-5H2,1-2H3,(H,10,15)(H,13,14). The first-order chi connectivity index (χ1) is 7.60. The molecule has 90 valence electrons. The number of rotatable bonds is 6. The van der Waals surface area contributed by atoms with Crippen LogP contribution >= 0.6 is 11.8 Å². The van der Waals surface area contributed by atoms with E-state index in [1.54, 1.807) is 0 Å². The lowest BCUT2D eigenvalue weighted by atomic mass is 10.2. The van der Waals surface area contributed by atoms with Crippen LogP contribution in [0.15, 0.2) is 9.95 Å². The number of aliphatic carboxylic acids is 1. The van der Waals surface area contributed by atoms with Gasteiger partial charge in [0.1, 0.15) is 0 Å². The van der Waals surface area contributed by atoms with Gasteiger partial charge in [-0.15, -0.1) is 5.10 Å². The van der Waals surface area contributed by atoms with Gasteiger partial charge in [0.15, 0.2) is 5.16 Å². The Bertz CT molecular complexity index is 408. The van der Waals surface area contributed by atoms with Crippen molar-refractivity contribution in [3.63, 3.8) is 0 Å². The molecule has 0 bridgehead atoms. The summed E-state index contributed by atoms with van der Waals surface area (Å²) >= 11 is 1.06. The number of carboxylic acid groups (broad SMARTS) is 1. The molecule has 0 fully saturated rings. The summed E-state index contributed by atoms with van der Waals surface area (Å²) in [4.78, 5) is 22.0. The van der Waals surface area contributed by atoms with Crippen molar-refractivity contribution in [2.45, 2.75) is 37.9 Å². The second-order valence-electron chi connectivity index (χ2n) is 3.33. The van der Waals surface area contributed by atoms with Gasteiger partial charge < -0.3 is 5.11 Å². The lowest BCUT2D eigenvalue weighted by molar-refractivity contribution is -0.133. The largest absolute Gasteiger partial charge is 0.481 e. The van der Waals surface area contributed by atoms with Crippen LogP contribution in [-0.2, 0) is 4.79 Å². The number of aromatic amines is 1. The highest BCUT2D eigenvalue weighted by Crippen LogP contribution is 2.20. The van der Waals surface area contributed by atoms with Crippen LogP contribution in [0.2, 0.25) is 0 Å². The highest BCUT2D eigenvalue weighted by molar-refractivity contribution is 7.99. The van der Waals surface area contributed by atoms with Crippen LogP contribution in [0.1, 0.15) is 32.7 Å². The first-order valence-electron chi connectivity index (χ1n) is 5.11. The van der Waals surface area contributed by atoms with E-state index in [9.17, 15) is 9.59 Å². The number of hydrogen-bond donors (Lipinski definition) is 2. The number of carboxylic acids is 1. The molecule has 0 spiro atoms. The Kier molecular flexibility index (Phi) is 4.60. The Labute approximate surface area is 97.1 Å². The van der Waals surface area contributed by atoms with Gasteiger partial charge in [0.05, 0.1) is 5.75 Å². The molecule has 0 amide bonds. The first kappa shape index (κ1) is 12.8. The summed E-state index contributed by atoms with van der Waals surface area (Å²) in [6.07, 6.45) is 1.63. The molecule has 0 radical (unpaired) electrons. The average molecular weight is 245 g/mol. The molecular weight excluding hydrogens is 230 g/mol. The normalized spacial score (nSPS) is 10.9. The third-order valence-electron chi connectivity index (χ3n) is 2.30. The van der Waals surface area contributed by atoms with Crippen molar-refractivity contribution < 1.29 is 9.90 Å². The van der Waals surface area contributed by atoms with Crippen LogP contribution in [0, 0.1) is 0 Å². The van der Waals surface area contributed by atoms with E-state index >= 15 is 0 Å². The van der Waals surface area contributed by atoms with Gasteiger partial charge in [-0.1, -0.05) is 25.6 Å². The van der Waals surface area contributed by atoms with Gasteiger partial charge in [-0.3, -0.25) is 9.36 Å². The van der Waals surface area contributed by atoms with Crippen LogP contribution < -0.4 is 5.69 Å². The van der Waals surface area contributed by atoms with Crippen molar-refractivity contribution in [3.05, 3.63) is 10.5 Å². The van der Waals surface area contributed by atoms with Crippen LogP contribution in [0.5, 0.6) is 0 Å². The molecule has 6 nitrogen and oxygen atoms in total. The topological polar surface area (TPSA) is 88.0 Å². The van der Waals surface area contributed by atoms with E-state index < -0.39 is 5.97 Å². The van der Waals surface area contributed by atoms with Gasteiger partial charge >= 0.3 is 11.7 Å². The molecule has 0 aliphatic carbocycles. The molecule has 0 aromatic carbocycles. The monoisotopic (exact) mass is 245 g/mol. The second-order valence-corrected chi connectivity index (χ2v) is 4.28. The summed E-state index contributed by atoms with van der Waals surface area (Å²) in [5.41, 5.74) is -0.276. The Hall–Kier alpha value is -1.24. The van der Waals surface area contributed by atoms with Crippen molar-refractivity contribution in [2.75, 3.05) is 5.75 Å². The minimum absolute atomic E-state index is 0.0718. The number of H-pyrrole nitrogens is 1. The second kappa shape index (κ2) is 5.74. The Balaban J connectivity index is 2.93. The molecule has 1 aromatic heterocycles. The summed E-state index contributed by atoms with van der Waals surface area (Å²) < 4.78 is 1.54. The zero-order valence-corrected chi connectivity index (χ0v) is 10.1. The smallest absolute Gasteiger partial charge is 0.344 e. The molecule has 0 unspecified atom stereocenters. The molecule has 16 heavy (non-hydrogen) atoms. The number of thioether (sulfide) groups is 1. The predicted molar refractivity (Wildman–Crippen MR) is 60.8 cm³/mol. The van der Waals surface area contributed by atoms with E-state index in [4.69, 9.17) is 5.11 Å². The highest BCUT2D eigenvalue weighted by Gasteiger charge is 2.16. The van der Waals surface area contributed by atoms with Crippen LogP contribution in [0.3, 0.4) is 0 Å². The highest BCUT2D eigenvalue weighted by atomic mass is 32.2. The Morgan fingerprint density at radius 2 is 2.19 bits per heavy atom. The number of aromatic nitrogens is 3. The molecule has 0 aliphatic rings. The number of nitrogens with zero attached hydrogens (tertiary/aromatic N) is 2. The summed E-state index contributed by atoms with van der Waals surface area (Å²) in [5.74, 6) is -1.01. The number of nitrogens with one attached hydrogen (secondary N) is 1. The fraction of sp³-hybridized carbons (Fsp3) is 0.667. The summed E-state index contributed by atoms with van der Waals surface area (Å²) in [6.45, 7) is 3.97. The van der Waals surface area contributed by atoms with Gasteiger partial charge in [0.2, 0.25) is 0 Å². The molecule has 1 rings (SSSR count). The van der Waals surface area contributed by atoms with Crippen LogP contribution in [0.4, 0.5) is 0 Å². The third kappa shape index (κ3) is 2.88. The maximum absolute atomic E-state index is 11.5. The molecule has 1 heterocycles. The van der Waals surface area contributed by atoms with Gasteiger partial charge in [0.25, 0.3) is 0 Å². The summed E-state index contributed by atoms with van der Waals surface area (Å²) in [6, 6.07) is 0.0718. The van der Waals surface area contributed by atoms with E-state index in [-0.39, 0.29) is 17.5 Å².